The third-order valence-corrected chi connectivity index (χ3v) is 6.22. The van der Waals surface area contributed by atoms with Crippen LogP contribution >= 0.6 is 0 Å². The van der Waals surface area contributed by atoms with Crippen molar-refractivity contribution in [1.82, 2.24) is 24.5 Å². The fraction of sp³-hybridized carbons (Fsp3) is 0.250. The van der Waals surface area contributed by atoms with Crippen LogP contribution < -0.4 is 14.8 Å². The lowest BCUT2D eigenvalue weighted by Crippen LogP contribution is -2.22. The van der Waals surface area contributed by atoms with Crippen LogP contribution in [0.5, 0.6) is 11.5 Å². The van der Waals surface area contributed by atoms with Crippen LogP contribution in [0, 0.1) is 5.82 Å². The normalized spacial score (nSPS) is 16.3. The minimum Gasteiger partial charge on any atom is -0.493 e. The topological polar surface area (TPSA) is 93.9 Å². The fourth-order valence-electron chi connectivity index (χ4n) is 4.51. The maximum absolute atomic E-state index is 14.8. The molecule has 5 heterocycles. The van der Waals surface area contributed by atoms with Crippen LogP contribution in [0.15, 0.2) is 42.9 Å². The molecule has 1 atom stereocenters. The van der Waals surface area contributed by atoms with Crippen LogP contribution in [-0.2, 0) is 6.54 Å². The molecule has 9 nitrogen and oxygen atoms in total. The zero-order chi connectivity index (χ0) is 23.4. The quantitative estimate of drug-likeness (QED) is 0.491. The number of halogens is 1. The van der Waals surface area contributed by atoms with Gasteiger partial charge in [-0.25, -0.2) is 4.39 Å². The van der Waals surface area contributed by atoms with Gasteiger partial charge in [-0.3, -0.25) is 14.2 Å². The smallest absolute Gasteiger partial charge is 0.271 e. The van der Waals surface area contributed by atoms with E-state index in [1.807, 2.05) is 12.1 Å². The van der Waals surface area contributed by atoms with E-state index in [0.717, 1.165) is 16.7 Å². The molecule has 2 aliphatic rings. The Balaban J connectivity index is 1.44. The number of ether oxygens (including phenoxy) is 2. The van der Waals surface area contributed by atoms with E-state index in [-0.39, 0.29) is 24.2 Å². The second-order valence-electron chi connectivity index (χ2n) is 8.54. The van der Waals surface area contributed by atoms with Crippen molar-refractivity contribution in [2.45, 2.75) is 12.5 Å². The third-order valence-electron chi connectivity index (χ3n) is 6.22. The van der Waals surface area contributed by atoms with Crippen LogP contribution in [0.2, 0.25) is 0 Å². The molecule has 2 aliphatic heterocycles. The highest BCUT2D eigenvalue weighted by atomic mass is 19.1. The molecule has 1 N–H and O–H groups in total. The van der Waals surface area contributed by atoms with Crippen LogP contribution in [0.1, 0.15) is 27.5 Å². The van der Waals surface area contributed by atoms with Crippen LogP contribution in [0.3, 0.4) is 0 Å². The summed E-state index contributed by atoms with van der Waals surface area (Å²) in [6, 6.07) is 8.49. The number of carbonyl (C=O) groups excluding carboxylic acids is 1. The molecule has 10 heteroatoms. The van der Waals surface area contributed by atoms with Gasteiger partial charge in [-0.15, -0.1) is 10.2 Å². The summed E-state index contributed by atoms with van der Waals surface area (Å²) in [5.41, 5.74) is 3.88. The van der Waals surface area contributed by atoms with Gasteiger partial charge in [-0.05, 0) is 24.3 Å². The molecule has 172 valence electrons. The van der Waals surface area contributed by atoms with E-state index in [2.05, 4.69) is 20.5 Å². The number of rotatable bonds is 2. The average molecular weight is 460 g/mol. The van der Waals surface area contributed by atoms with E-state index in [1.54, 1.807) is 43.2 Å². The number of carbonyl (C=O) groups is 1. The van der Waals surface area contributed by atoms with Gasteiger partial charge in [0.1, 0.15) is 23.6 Å². The maximum Gasteiger partial charge on any atom is 0.271 e. The number of benzene rings is 1. The summed E-state index contributed by atoms with van der Waals surface area (Å²) in [5.74, 6) is 1.38. The Hall–Kier alpha value is -4.21. The SMILES string of the molecule is CN(C)C(=O)c1ccc(-c2cc3c(n4cnnc24)NCc2c(F)ccc4c2[C@H](CO4)CO3)cn1. The molecular formula is C24H21FN6O3. The van der Waals surface area contributed by atoms with Gasteiger partial charge in [0.05, 0.1) is 19.1 Å². The number of hydrogen-bond donors (Lipinski definition) is 1. The Morgan fingerprint density at radius 1 is 1.18 bits per heavy atom. The Bertz CT molecular complexity index is 1430. The Morgan fingerprint density at radius 2 is 2.00 bits per heavy atom. The van der Waals surface area contributed by atoms with Crippen LogP contribution in [-0.4, -0.2) is 57.7 Å². The second kappa shape index (κ2) is 7.68. The van der Waals surface area contributed by atoms with E-state index >= 15 is 0 Å². The summed E-state index contributed by atoms with van der Waals surface area (Å²) in [5, 5.41) is 11.7. The number of amides is 1. The van der Waals surface area contributed by atoms with Crippen molar-refractivity contribution in [2.24, 2.45) is 0 Å². The molecular weight excluding hydrogens is 439 g/mol. The molecule has 1 amide bonds. The van der Waals surface area contributed by atoms with Crippen LogP contribution in [0.4, 0.5) is 10.2 Å². The van der Waals surface area contributed by atoms with Gasteiger partial charge in [-0.2, -0.15) is 0 Å². The second-order valence-corrected chi connectivity index (χ2v) is 8.54. The van der Waals surface area contributed by atoms with Crippen molar-refractivity contribution < 1.29 is 18.7 Å². The summed E-state index contributed by atoms with van der Waals surface area (Å²) >= 11 is 0. The van der Waals surface area contributed by atoms with Gasteiger partial charge < -0.3 is 19.7 Å². The molecule has 34 heavy (non-hydrogen) atoms. The summed E-state index contributed by atoms with van der Waals surface area (Å²) < 4.78 is 28.6. The molecule has 1 aromatic carbocycles. The Kier molecular flexibility index (Phi) is 4.61. The predicted octanol–water partition coefficient (Wildman–Crippen LogP) is 3.11. The molecule has 0 bridgehead atoms. The fourth-order valence-corrected chi connectivity index (χ4v) is 4.51. The highest BCUT2D eigenvalue weighted by Gasteiger charge is 2.31. The summed E-state index contributed by atoms with van der Waals surface area (Å²) in [6.45, 7) is 1.04. The summed E-state index contributed by atoms with van der Waals surface area (Å²) in [6.07, 6.45) is 3.22. The van der Waals surface area contributed by atoms with E-state index in [4.69, 9.17) is 9.47 Å². The monoisotopic (exact) mass is 460 g/mol. The highest BCUT2D eigenvalue weighted by Crippen LogP contribution is 2.41. The minimum atomic E-state index is -0.278. The van der Waals surface area contributed by atoms with Crippen molar-refractivity contribution in [1.29, 1.82) is 0 Å². The zero-order valence-electron chi connectivity index (χ0n) is 18.6. The van der Waals surface area contributed by atoms with Gasteiger partial charge in [0.25, 0.3) is 5.91 Å². The average Bonchev–Trinajstić information content (AvgIpc) is 3.50. The lowest BCUT2D eigenvalue weighted by molar-refractivity contribution is 0.0822. The molecule has 0 fully saturated rings. The highest BCUT2D eigenvalue weighted by molar-refractivity contribution is 5.92. The number of aromatic nitrogens is 4. The largest absolute Gasteiger partial charge is 0.493 e. The van der Waals surface area contributed by atoms with Crippen LogP contribution in [0.25, 0.3) is 16.8 Å². The molecule has 0 unspecified atom stereocenters. The van der Waals surface area contributed by atoms with Crippen molar-refractivity contribution in [3.63, 3.8) is 0 Å². The Labute approximate surface area is 194 Å². The van der Waals surface area contributed by atoms with Crippen molar-refractivity contribution in [2.75, 3.05) is 32.6 Å². The van der Waals surface area contributed by atoms with Crippen molar-refractivity contribution in [3.05, 3.63) is 65.5 Å². The molecule has 0 spiro atoms. The first kappa shape index (κ1) is 20.4. The summed E-state index contributed by atoms with van der Waals surface area (Å²) in [7, 11) is 3.37. The molecule has 0 radical (unpaired) electrons. The number of anilines is 1. The number of hydrogen-bond acceptors (Lipinski definition) is 7. The van der Waals surface area contributed by atoms with Gasteiger partial charge >= 0.3 is 0 Å². The van der Waals surface area contributed by atoms with E-state index in [0.29, 0.717) is 47.4 Å². The minimum absolute atomic E-state index is 0.0773. The van der Waals surface area contributed by atoms with Gasteiger partial charge in [0.15, 0.2) is 17.2 Å². The zero-order valence-corrected chi connectivity index (χ0v) is 18.6. The molecule has 3 aromatic heterocycles. The maximum atomic E-state index is 14.8. The lowest BCUT2D eigenvalue weighted by atomic mass is 9.96. The first-order valence-electron chi connectivity index (χ1n) is 10.9. The molecule has 0 saturated carbocycles. The molecule has 4 aromatic rings. The third kappa shape index (κ3) is 3.13. The van der Waals surface area contributed by atoms with E-state index < -0.39 is 0 Å². The number of nitrogens with one attached hydrogen (secondary N) is 1. The lowest BCUT2D eigenvalue weighted by Gasteiger charge is -2.17. The van der Waals surface area contributed by atoms with Gasteiger partial charge in [0.2, 0.25) is 0 Å². The van der Waals surface area contributed by atoms with Gasteiger partial charge in [0, 0.05) is 49.1 Å². The molecule has 0 saturated heterocycles. The van der Waals surface area contributed by atoms with Gasteiger partial charge in [-0.1, -0.05) is 6.07 Å². The van der Waals surface area contributed by atoms with E-state index in [1.165, 1.54) is 11.0 Å². The summed E-state index contributed by atoms with van der Waals surface area (Å²) in [4.78, 5) is 18.0. The number of nitrogens with zero attached hydrogens (tertiary/aromatic N) is 5. The Morgan fingerprint density at radius 3 is 2.76 bits per heavy atom. The van der Waals surface area contributed by atoms with Crippen molar-refractivity contribution >= 4 is 17.4 Å². The van der Waals surface area contributed by atoms with E-state index in [9.17, 15) is 9.18 Å². The number of fused-ring (bicyclic) bond motifs is 3. The standard InChI is InChI=1S/C24H21FN6O3/c1-30(2)24(32)18-5-3-13(8-26-18)15-7-20-23(31-12-28-29-22(15)31)27-9-16-17(25)4-6-19-21(16)14(10-33-19)11-34-20/h3-8,12,14,27H,9-11H2,1-2H3/t14-/m1/s1. The first-order valence-corrected chi connectivity index (χ1v) is 10.9. The molecule has 6 rings (SSSR count). The predicted molar refractivity (Wildman–Crippen MR) is 122 cm³/mol. The van der Waals surface area contributed by atoms with Crippen molar-refractivity contribution in [3.8, 4) is 22.6 Å². The first-order chi connectivity index (χ1) is 16.5. The number of pyridine rings is 2. The molecule has 0 aliphatic carbocycles.